The average molecular weight is 657 g/mol. The molecule has 0 N–H and O–H groups in total. The van der Waals surface area contributed by atoms with Crippen molar-refractivity contribution in [2.24, 2.45) is 0 Å². The minimum Gasteiger partial charge on any atom is -0.309 e. The van der Waals surface area contributed by atoms with Gasteiger partial charge in [0.25, 0.3) is 0 Å². The number of hydrogen-bond acceptors (Lipinski definition) is 4. The summed E-state index contributed by atoms with van der Waals surface area (Å²) >= 11 is 1.81. The summed E-state index contributed by atoms with van der Waals surface area (Å²) in [5, 5.41) is 5.02. The number of thiophene rings is 1. The first kappa shape index (κ1) is 28.6. The first-order valence-corrected chi connectivity index (χ1v) is 17.5. The van der Waals surface area contributed by atoms with Crippen molar-refractivity contribution in [1.82, 2.24) is 19.5 Å². The summed E-state index contributed by atoms with van der Waals surface area (Å²) in [4.78, 5) is 15.1. The van der Waals surface area contributed by atoms with Gasteiger partial charge < -0.3 is 4.57 Å². The van der Waals surface area contributed by atoms with Crippen molar-refractivity contribution < 1.29 is 0 Å². The average Bonchev–Trinajstić information content (AvgIpc) is 3.74. The Kier molecular flexibility index (Phi) is 6.64. The molecule has 0 spiro atoms. The standard InChI is InChI=1S/C45H28N4S/c1-3-12-29(13-4-1)34-18-11-21-40-42(34)37-27-24-32(28-41(37)50-40)45-47-43(30-14-5-2-6-15-30)46-44(48-45)31-22-25-33(26-23-31)49-38-19-9-7-16-35(38)36-17-8-10-20-39(36)49/h1-28H. The Balaban J connectivity index is 1.10. The largest absolute Gasteiger partial charge is 0.309 e. The Hall–Kier alpha value is -6.43. The summed E-state index contributed by atoms with van der Waals surface area (Å²) in [5.41, 5.74) is 8.79. The van der Waals surface area contributed by atoms with Crippen LogP contribution in [0.25, 0.3) is 93.0 Å². The second-order valence-electron chi connectivity index (χ2n) is 12.4. The van der Waals surface area contributed by atoms with E-state index in [2.05, 4.69) is 156 Å². The van der Waals surface area contributed by atoms with E-state index in [0.29, 0.717) is 17.5 Å². The number of benzene rings is 7. The minimum absolute atomic E-state index is 0.644. The van der Waals surface area contributed by atoms with Crippen LogP contribution in [0.4, 0.5) is 0 Å². The molecule has 0 atom stereocenters. The van der Waals surface area contributed by atoms with Crippen LogP contribution in [0.3, 0.4) is 0 Å². The van der Waals surface area contributed by atoms with E-state index >= 15 is 0 Å². The molecule has 0 saturated carbocycles. The normalized spacial score (nSPS) is 11.6. The molecular weight excluding hydrogens is 629 g/mol. The van der Waals surface area contributed by atoms with E-state index in [1.807, 2.05) is 29.5 Å². The smallest absolute Gasteiger partial charge is 0.164 e. The number of nitrogens with zero attached hydrogens (tertiary/aromatic N) is 4. The molecule has 10 rings (SSSR count). The number of fused-ring (bicyclic) bond motifs is 6. The number of para-hydroxylation sites is 2. The second-order valence-corrected chi connectivity index (χ2v) is 13.5. The Morgan fingerprint density at radius 1 is 0.380 bits per heavy atom. The van der Waals surface area contributed by atoms with E-state index in [1.165, 1.54) is 53.1 Å². The van der Waals surface area contributed by atoms with Crippen LogP contribution in [-0.2, 0) is 0 Å². The van der Waals surface area contributed by atoms with Gasteiger partial charge in [-0.05, 0) is 59.7 Å². The van der Waals surface area contributed by atoms with Crippen molar-refractivity contribution in [1.29, 1.82) is 0 Å². The van der Waals surface area contributed by atoms with Gasteiger partial charge in [-0.2, -0.15) is 0 Å². The number of hydrogen-bond donors (Lipinski definition) is 0. The van der Waals surface area contributed by atoms with Gasteiger partial charge in [-0.1, -0.05) is 121 Å². The zero-order valence-electron chi connectivity index (χ0n) is 26.9. The third-order valence-electron chi connectivity index (χ3n) is 9.47. The lowest BCUT2D eigenvalue weighted by Gasteiger charge is -2.11. The van der Waals surface area contributed by atoms with Crippen LogP contribution in [0.1, 0.15) is 0 Å². The Bertz CT molecular complexity index is 2800. The third kappa shape index (κ3) is 4.71. The molecule has 5 heteroatoms. The van der Waals surface area contributed by atoms with E-state index in [1.54, 1.807) is 0 Å². The van der Waals surface area contributed by atoms with Gasteiger partial charge in [0.15, 0.2) is 17.5 Å². The van der Waals surface area contributed by atoms with Crippen molar-refractivity contribution in [2.45, 2.75) is 0 Å². The fraction of sp³-hybridized carbons (Fsp3) is 0. The number of aromatic nitrogens is 4. The van der Waals surface area contributed by atoms with Crippen molar-refractivity contribution in [3.8, 4) is 51.0 Å². The molecule has 3 aromatic heterocycles. The molecule has 0 aliphatic carbocycles. The molecule has 50 heavy (non-hydrogen) atoms. The van der Waals surface area contributed by atoms with Gasteiger partial charge in [-0.3, -0.25) is 0 Å². The molecule has 0 saturated heterocycles. The highest BCUT2D eigenvalue weighted by Gasteiger charge is 2.17. The van der Waals surface area contributed by atoms with Gasteiger partial charge in [0.2, 0.25) is 0 Å². The van der Waals surface area contributed by atoms with Crippen LogP contribution >= 0.6 is 11.3 Å². The molecule has 234 valence electrons. The fourth-order valence-corrected chi connectivity index (χ4v) is 8.31. The summed E-state index contributed by atoms with van der Waals surface area (Å²) in [6.07, 6.45) is 0. The predicted octanol–water partition coefficient (Wildman–Crippen LogP) is 12.0. The zero-order valence-corrected chi connectivity index (χ0v) is 27.7. The molecule has 0 aliphatic rings. The first-order chi connectivity index (χ1) is 24.8. The predicted molar refractivity (Wildman–Crippen MR) is 209 cm³/mol. The summed E-state index contributed by atoms with van der Waals surface area (Å²) in [7, 11) is 0. The summed E-state index contributed by atoms with van der Waals surface area (Å²) in [5.74, 6) is 1.95. The summed E-state index contributed by atoms with van der Waals surface area (Å²) in [6.45, 7) is 0. The van der Waals surface area contributed by atoms with Gasteiger partial charge >= 0.3 is 0 Å². The molecule has 7 aromatic carbocycles. The van der Waals surface area contributed by atoms with Crippen LogP contribution in [0.5, 0.6) is 0 Å². The first-order valence-electron chi connectivity index (χ1n) is 16.7. The minimum atomic E-state index is 0.644. The highest BCUT2D eigenvalue weighted by molar-refractivity contribution is 7.26. The third-order valence-corrected chi connectivity index (χ3v) is 10.6. The molecule has 0 radical (unpaired) electrons. The Morgan fingerprint density at radius 2 is 0.920 bits per heavy atom. The maximum Gasteiger partial charge on any atom is 0.164 e. The van der Waals surface area contributed by atoms with Gasteiger partial charge in [-0.25, -0.2) is 15.0 Å². The van der Waals surface area contributed by atoms with E-state index in [0.717, 1.165) is 22.4 Å². The molecule has 0 unspecified atom stereocenters. The molecule has 4 nitrogen and oxygen atoms in total. The summed E-state index contributed by atoms with van der Waals surface area (Å²) in [6, 6.07) is 59.7. The molecule has 3 heterocycles. The van der Waals surface area contributed by atoms with Crippen LogP contribution in [0.15, 0.2) is 170 Å². The second kappa shape index (κ2) is 11.6. The number of rotatable bonds is 5. The van der Waals surface area contributed by atoms with Crippen molar-refractivity contribution in [2.75, 3.05) is 0 Å². The van der Waals surface area contributed by atoms with E-state index in [9.17, 15) is 0 Å². The molecule has 0 bridgehead atoms. The topological polar surface area (TPSA) is 43.6 Å². The summed E-state index contributed by atoms with van der Waals surface area (Å²) < 4.78 is 4.80. The van der Waals surface area contributed by atoms with E-state index < -0.39 is 0 Å². The Morgan fingerprint density at radius 3 is 1.58 bits per heavy atom. The lowest BCUT2D eigenvalue weighted by molar-refractivity contribution is 1.07. The van der Waals surface area contributed by atoms with Crippen molar-refractivity contribution >= 4 is 53.3 Å². The Labute approximate surface area is 292 Å². The quantitative estimate of drug-likeness (QED) is 0.185. The lowest BCUT2D eigenvalue weighted by Crippen LogP contribution is -2.00. The monoisotopic (exact) mass is 656 g/mol. The highest BCUT2D eigenvalue weighted by atomic mass is 32.1. The van der Waals surface area contributed by atoms with Crippen molar-refractivity contribution in [3.05, 3.63) is 170 Å². The maximum atomic E-state index is 5.09. The van der Waals surface area contributed by atoms with Gasteiger partial charge in [0.05, 0.1) is 11.0 Å². The van der Waals surface area contributed by atoms with Crippen LogP contribution < -0.4 is 0 Å². The van der Waals surface area contributed by atoms with E-state index in [4.69, 9.17) is 15.0 Å². The maximum absolute atomic E-state index is 5.09. The SMILES string of the molecule is c1ccc(-c2nc(-c3ccc(-n4c5ccccc5c5ccccc54)cc3)nc(-c3ccc4c(c3)sc3cccc(-c5ccccc5)c34)n2)cc1. The lowest BCUT2D eigenvalue weighted by atomic mass is 9.99. The van der Waals surface area contributed by atoms with Gasteiger partial charge in [0.1, 0.15) is 0 Å². The fourth-order valence-electron chi connectivity index (χ4n) is 7.13. The molecule has 0 amide bonds. The molecule has 0 aliphatic heterocycles. The van der Waals surface area contributed by atoms with Crippen LogP contribution in [0.2, 0.25) is 0 Å². The van der Waals surface area contributed by atoms with Gasteiger partial charge in [-0.15, -0.1) is 11.3 Å². The van der Waals surface area contributed by atoms with Crippen LogP contribution in [0, 0.1) is 0 Å². The molecular formula is C45H28N4S. The van der Waals surface area contributed by atoms with E-state index in [-0.39, 0.29) is 0 Å². The molecule has 10 aromatic rings. The van der Waals surface area contributed by atoms with Crippen molar-refractivity contribution in [3.63, 3.8) is 0 Å². The molecule has 0 fully saturated rings. The van der Waals surface area contributed by atoms with Crippen LogP contribution in [-0.4, -0.2) is 19.5 Å². The zero-order chi connectivity index (χ0) is 33.0. The van der Waals surface area contributed by atoms with Gasteiger partial charge in [0, 0.05) is 53.3 Å². The highest BCUT2D eigenvalue weighted by Crippen LogP contribution is 2.41.